The van der Waals surface area contributed by atoms with Gasteiger partial charge in [0.05, 0.1) is 29.4 Å². The smallest absolute Gasteiger partial charge is 0.376 e. The molecule has 1 aliphatic rings. The van der Waals surface area contributed by atoms with Crippen LogP contribution in [0, 0.1) is 0 Å². The Hall–Kier alpha value is -3.29. The van der Waals surface area contributed by atoms with Crippen molar-refractivity contribution in [3.8, 4) is 0 Å². The lowest BCUT2D eigenvalue weighted by molar-refractivity contribution is -0.137. The largest absolute Gasteiger partial charge is 0.416 e. The number of hydrogen-bond donors (Lipinski definition) is 1. The molecule has 0 radical (unpaired) electrons. The van der Waals surface area contributed by atoms with Gasteiger partial charge >= 0.3 is 6.18 Å². The average Bonchev–Trinajstić information content (AvgIpc) is 2.67. The molecule has 2 aromatic rings. The van der Waals surface area contributed by atoms with Crippen LogP contribution in [0.4, 0.5) is 24.5 Å². The quantitative estimate of drug-likeness (QED) is 0.786. The minimum absolute atomic E-state index is 0.0637. The number of anilines is 2. The number of alkyl halides is 3. The topological polar surface area (TPSA) is 52.7 Å². The number of nitrogens with one attached hydrogen (secondary N) is 1. The first kappa shape index (κ1) is 21.4. The van der Waals surface area contributed by atoms with E-state index in [1.807, 2.05) is 24.3 Å². The van der Waals surface area contributed by atoms with Gasteiger partial charge < -0.3 is 15.1 Å². The average molecular weight is 417 g/mol. The lowest BCUT2D eigenvalue weighted by Gasteiger charge is -2.32. The van der Waals surface area contributed by atoms with E-state index in [1.165, 1.54) is 17.9 Å². The standard InChI is InChI=1S/C22H22F3N3O2/c1-14(29)28-11-10-15-6-4-5-7-17(15)20(28)13-21(30)26-18-12-16(22(23,24)25)8-9-19(18)27(2)3/h4-12,20H,13H2,1-3H3,(H,26,30)/t20-/m1/s1. The predicted octanol–water partition coefficient (Wildman–Crippen LogP) is 4.67. The number of rotatable bonds is 4. The van der Waals surface area contributed by atoms with E-state index in [4.69, 9.17) is 0 Å². The van der Waals surface area contributed by atoms with Crippen LogP contribution in [0.25, 0.3) is 6.08 Å². The van der Waals surface area contributed by atoms with Gasteiger partial charge in [-0.25, -0.2) is 0 Å². The van der Waals surface area contributed by atoms with Crippen LogP contribution in [0.5, 0.6) is 0 Å². The van der Waals surface area contributed by atoms with E-state index in [0.29, 0.717) is 5.69 Å². The Morgan fingerprint density at radius 1 is 1.13 bits per heavy atom. The van der Waals surface area contributed by atoms with Crippen molar-refractivity contribution in [2.45, 2.75) is 25.6 Å². The molecule has 1 N–H and O–H groups in total. The van der Waals surface area contributed by atoms with Crippen molar-refractivity contribution >= 4 is 29.3 Å². The fourth-order valence-electron chi connectivity index (χ4n) is 3.49. The molecule has 8 heteroatoms. The summed E-state index contributed by atoms with van der Waals surface area (Å²) in [5.74, 6) is -0.717. The molecule has 30 heavy (non-hydrogen) atoms. The monoisotopic (exact) mass is 417 g/mol. The van der Waals surface area contributed by atoms with Crippen LogP contribution in [0.2, 0.25) is 0 Å². The summed E-state index contributed by atoms with van der Waals surface area (Å²) in [4.78, 5) is 28.0. The first-order valence-electron chi connectivity index (χ1n) is 9.32. The number of halogens is 3. The van der Waals surface area contributed by atoms with Crippen LogP contribution in [-0.4, -0.2) is 30.8 Å². The molecule has 0 saturated carbocycles. The van der Waals surface area contributed by atoms with Gasteiger partial charge in [-0.05, 0) is 35.4 Å². The lowest BCUT2D eigenvalue weighted by Crippen LogP contribution is -2.33. The summed E-state index contributed by atoms with van der Waals surface area (Å²) in [6.45, 7) is 1.40. The van der Waals surface area contributed by atoms with Crippen LogP contribution in [0.15, 0.2) is 48.7 Å². The van der Waals surface area contributed by atoms with Gasteiger partial charge in [0, 0.05) is 27.2 Å². The fourth-order valence-corrected chi connectivity index (χ4v) is 3.49. The van der Waals surface area contributed by atoms with Crippen LogP contribution >= 0.6 is 0 Å². The maximum absolute atomic E-state index is 13.1. The van der Waals surface area contributed by atoms with Gasteiger partial charge in [0.25, 0.3) is 0 Å². The highest BCUT2D eigenvalue weighted by molar-refractivity contribution is 5.95. The maximum atomic E-state index is 13.1. The van der Waals surface area contributed by atoms with Crippen LogP contribution in [-0.2, 0) is 15.8 Å². The number of fused-ring (bicyclic) bond motifs is 1. The molecule has 0 saturated heterocycles. The van der Waals surface area contributed by atoms with Crippen molar-refractivity contribution in [1.82, 2.24) is 4.90 Å². The van der Waals surface area contributed by atoms with E-state index < -0.39 is 23.7 Å². The van der Waals surface area contributed by atoms with Crippen molar-refractivity contribution in [2.24, 2.45) is 0 Å². The summed E-state index contributed by atoms with van der Waals surface area (Å²) < 4.78 is 39.4. The Bertz CT molecular complexity index is 999. The molecule has 3 rings (SSSR count). The van der Waals surface area contributed by atoms with E-state index >= 15 is 0 Å². The zero-order chi connectivity index (χ0) is 22.1. The van der Waals surface area contributed by atoms with E-state index in [1.54, 1.807) is 31.3 Å². The van der Waals surface area contributed by atoms with Crippen molar-refractivity contribution in [1.29, 1.82) is 0 Å². The minimum Gasteiger partial charge on any atom is -0.376 e. The van der Waals surface area contributed by atoms with Crippen molar-refractivity contribution in [3.63, 3.8) is 0 Å². The van der Waals surface area contributed by atoms with E-state index in [2.05, 4.69) is 5.32 Å². The van der Waals surface area contributed by atoms with Crippen LogP contribution in [0.3, 0.4) is 0 Å². The van der Waals surface area contributed by atoms with Crippen molar-refractivity contribution < 1.29 is 22.8 Å². The Morgan fingerprint density at radius 2 is 1.83 bits per heavy atom. The highest BCUT2D eigenvalue weighted by atomic mass is 19.4. The van der Waals surface area contributed by atoms with Gasteiger partial charge in [0.1, 0.15) is 0 Å². The van der Waals surface area contributed by atoms with Gasteiger partial charge in [-0.3, -0.25) is 9.59 Å². The summed E-state index contributed by atoms with van der Waals surface area (Å²) in [7, 11) is 3.36. The Kier molecular flexibility index (Phi) is 5.87. The Labute approximate surface area is 172 Å². The van der Waals surface area contributed by atoms with E-state index in [9.17, 15) is 22.8 Å². The summed E-state index contributed by atoms with van der Waals surface area (Å²) in [6, 6.07) is 10.1. The molecule has 2 aromatic carbocycles. The highest BCUT2D eigenvalue weighted by Crippen LogP contribution is 2.36. The molecule has 0 spiro atoms. The number of hydrogen-bond acceptors (Lipinski definition) is 3. The van der Waals surface area contributed by atoms with Gasteiger partial charge in [-0.2, -0.15) is 13.2 Å². The second-order valence-electron chi connectivity index (χ2n) is 7.26. The Morgan fingerprint density at radius 3 is 2.47 bits per heavy atom. The number of benzene rings is 2. The summed E-state index contributed by atoms with van der Waals surface area (Å²) >= 11 is 0. The third kappa shape index (κ3) is 4.48. The zero-order valence-corrected chi connectivity index (χ0v) is 16.8. The molecule has 1 atom stereocenters. The van der Waals surface area contributed by atoms with Gasteiger partial charge in [0.15, 0.2) is 0 Å². The summed E-state index contributed by atoms with van der Waals surface area (Å²) in [5.41, 5.74) is 1.36. The van der Waals surface area contributed by atoms with E-state index in [0.717, 1.165) is 23.3 Å². The first-order valence-corrected chi connectivity index (χ1v) is 9.32. The third-order valence-electron chi connectivity index (χ3n) is 4.93. The SMILES string of the molecule is CC(=O)N1C=Cc2ccccc2[C@H]1CC(=O)Nc1cc(C(F)(F)F)ccc1N(C)C. The molecule has 158 valence electrons. The Balaban J connectivity index is 1.89. The molecular formula is C22H22F3N3O2. The molecule has 0 bridgehead atoms. The van der Waals surface area contributed by atoms with Gasteiger partial charge in [-0.15, -0.1) is 0 Å². The minimum atomic E-state index is -4.52. The molecule has 0 fully saturated rings. The second-order valence-corrected chi connectivity index (χ2v) is 7.26. The predicted molar refractivity (Wildman–Crippen MR) is 110 cm³/mol. The molecule has 5 nitrogen and oxygen atoms in total. The van der Waals surface area contributed by atoms with Crippen LogP contribution in [0.1, 0.15) is 36.1 Å². The van der Waals surface area contributed by atoms with Gasteiger partial charge in [-0.1, -0.05) is 24.3 Å². The molecular weight excluding hydrogens is 395 g/mol. The molecule has 0 aliphatic carbocycles. The molecule has 0 aromatic heterocycles. The summed E-state index contributed by atoms with van der Waals surface area (Å²) in [6.07, 6.45) is -1.20. The van der Waals surface area contributed by atoms with Crippen molar-refractivity contribution in [3.05, 3.63) is 65.4 Å². The number of carbonyl (C=O) groups excluding carboxylic acids is 2. The number of amides is 2. The summed E-state index contributed by atoms with van der Waals surface area (Å²) in [5, 5.41) is 2.60. The van der Waals surface area contributed by atoms with Crippen molar-refractivity contribution in [2.75, 3.05) is 24.3 Å². The molecule has 1 aliphatic heterocycles. The van der Waals surface area contributed by atoms with Crippen LogP contribution < -0.4 is 10.2 Å². The zero-order valence-electron chi connectivity index (χ0n) is 16.8. The highest BCUT2D eigenvalue weighted by Gasteiger charge is 2.32. The number of carbonyl (C=O) groups is 2. The van der Waals surface area contributed by atoms with Gasteiger partial charge in [0.2, 0.25) is 11.8 Å². The fraction of sp³-hybridized carbons (Fsp3) is 0.273. The maximum Gasteiger partial charge on any atom is 0.416 e. The molecule has 0 unspecified atom stereocenters. The van der Waals surface area contributed by atoms with E-state index in [-0.39, 0.29) is 18.0 Å². The number of nitrogens with zero attached hydrogens (tertiary/aromatic N) is 2. The third-order valence-corrected chi connectivity index (χ3v) is 4.93. The molecule has 1 heterocycles. The second kappa shape index (κ2) is 8.22. The first-order chi connectivity index (χ1) is 14.1. The normalized spacial score (nSPS) is 15.5. The lowest BCUT2D eigenvalue weighted by atomic mass is 9.93. The molecule has 2 amide bonds.